The first kappa shape index (κ1) is 24.2. The number of alkyl halides is 3. The number of hydrogen-bond acceptors (Lipinski definition) is 2. The van der Waals surface area contributed by atoms with Crippen LogP contribution in [0, 0.1) is 11.6 Å². The lowest BCUT2D eigenvalue weighted by molar-refractivity contribution is -0.137. The van der Waals surface area contributed by atoms with Gasteiger partial charge in [0.05, 0.1) is 29.0 Å². The van der Waals surface area contributed by atoms with Gasteiger partial charge in [0.25, 0.3) is 0 Å². The number of carbonyl (C=O) groups excluding carboxylic acids is 1. The number of para-hydroxylation sites is 1. The lowest BCUT2D eigenvalue weighted by Gasteiger charge is -2.09. The Morgan fingerprint density at radius 3 is 2.32 bits per heavy atom. The Labute approximate surface area is 207 Å². The maximum Gasteiger partial charge on any atom is 0.416 e. The van der Waals surface area contributed by atoms with Crippen LogP contribution in [0.2, 0.25) is 0 Å². The van der Waals surface area contributed by atoms with Crippen LogP contribution in [0.25, 0.3) is 39.1 Å². The SMILES string of the molecule is O=C(/C=C/c1ccc(C(F)(F)F)cc1)NCc1cc2c([nH]c3ccccc32)c(-c2cc(F)cc(F)c2)n1. The number of nitrogens with one attached hydrogen (secondary N) is 2. The fraction of sp³-hybridized carbons (Fsp3) is 0.0714. The zero-order chi connectivity index (χ0) is 26.2. The predicted molar refractivity (Wildman–Crippen MR) is 131 cm³/mol. The van der Waals surface area contributed by atoms with Crippen LogP contribution in [0.3, 0.4) is 0 Å². The summed E-state index contributed by atoms with van der Waals surface area (Å²) in [7, 11) is 0. The molecule has 0 saturated heterocycles. The van der Waals surface area contributed by atoms with Gasteiger partial charge < -0.3 is 10.3 Å². The van der Waals surface area contributed by atoms with Gasteiger partial charge in [0, 0.05) is 34.0 Å². The van der Waals surface area contributed by atoms with Crippen molar-refractivity contribution < 1.29 is 26.7 Å². The number of pyridine rings is 1. The Hall–Kier alpha value is -4.53. The summed E-state index contributed by atoms with van der Waals surface area (Å²) in [6, 6.07) is 16.8. The van der Waals surface area contributed by atoms with Gasteiger partial charge >= 0.3 is 6.18 Å². The van der Waals surface area contributed by atoms with Crippen molar-refractivity contribution in [2.75, 3.05) is 0 Å². The van der Waals surface area contributed by atoms with Gasteiger partial charge in [-0.1, -0.05) is 30.3 Å². The molecular weight excluding hydrogens is 489 g/mol. The van der Waals surface area contributed by atoms with Crippen molar-refractivity contribution in [3.63, 3.8) is 0 Å². The van der Waals surface area contributed by atoms with E-state index >= 15 is 0 Å². The molecule has 0 spiro atoms. The second kappa shape index (κ2) is 9.50. The van der Waals surface area contributed by atoms with E-state index in [9.17, 15) is 26.7 Å². The van der Waals surface area contributed by atoms with Gasteiger partial charge in [-0.3, -0.25) is 4.79 Å². The van der Waals surface area contributed by atoms with Gasteiger partial charge in [0.2, 0.25) is 5.91 Å². The molecule has 9 heteroatoms. The minimum Gasteiger partial charge on any atom is -0.353 e. The minimum atomic E-state index is -4.44. The van der Waals surface area contributed by atoms with E-state index in [-0.39, 0.29) is 12.1 Å². The molecule has 5 rings (SSSR count). The Bertz CT molecular complexity index is 1630. The molecule has 2 heterocycles. The van der Waals surface area contributed by atoms with Crippen LogP contribution in [0.5, 0.6) is 0 Å². The lowest BCUT2D eigenvalue weighted by atomic mass is 10.1. The molecule has 2 N–H and O–H groups in total. The molecule has 2 aromatic heterocycles. The van der Waals surface area contributed by atoms with Gasteiger partial charge in [-0.05, 0) is 48.0 Å². The van der Waals surface area contributed by atoms with Crippen LogP contribution in [0.1, 0.15) is 16.8 Å². The van der Waals surface area contributed by atoms with Gasteiger partial charge in [-0.25, -0.2) is 13.8 Å². The van der Waals surface area contributed by atoms with E-state index in [4.69, 9.17) is 0 Å². The average Bonchev–Trinajstić information content (AvgIpc) is 3.23. The second-order valence-electron chi connectivity index (χ2n) is 8.38. The average molecular weight is 507 g/mol. The molecule has 37 heavy (non-hydrogen) atoms. The standard InChI is InChI=1S/C28H18F5N3O/c29-19-11-17(12-20(30)13-19)26-27-23(22-3-1-2-4-24(22)36-27)14-21(35-26)15-34-25(37)10-7-16-5-8-18(9-6-16)28(31,32)33/h1-14,36H,15H2,(H,34,37)/b10-7+. The van der Waals surface area contributed by atoms with E-state index in [1.807, 2.05) is 24.3 Å². The lowest BCUT2D eigenvalue weighted by Crippen LogP contribution is -2.21. The molecule has 5 aromatic rings. The van der Waals surface area contributed by atoms with Gasteiger partial charge in [0.15, 0.2) is 0 Å². The van der Waals surface area contributed by atoms with Crippen molar-refractivity contribution in [3.8, 4) is 11.3 Å². The Balaban J connectivity index is 1.42. The normalized spacial score (nSPS) is 12.0. The third kappa shape index (κ3) is 5.20. The van der Waals surface area contributed by atoms with Crippen LogP contribution in [0.15, 0.2) is 78.9 Å². The van der Waals surface area contributed by atoms with Gasteiger partial charge in [-0.15, -0.1) is 0 Å². The van der Waals surface area contributed by atoms with Crippen molar-refractivity contribution in [2.45, 2.75) is 12.7 Å². The topological polar surface area (TPSA) is 57.8 Å². The number of halogens is 5. The zero-order valence-corrected chi connectivity index (χ0v) is 19.0. The highest BCUT2D eigenvalue weighted by molar-refractivity contribution is 6.11. The molecule has 0 saturated carbocycles. The maximum absolute atomic E-state index is 14.0. The number of aromatic nitrogens is 2. The molecule has 0 aliphatic heterocycles. The monoisotopic (exact) mass is 507 g/mol. The molecule has 0 aliphatic carbocycles. The molecule has 0 fully saturated rings. The number of hydrogen-bond donors (Lipinski definition) is 2. The van der Waals surface area contributed by atoms with E-state index in [1.165, 1.54) is 36.4 Å². The summed E-state index contributed by atoms with van der Waals surface area (Å²) < 4.78 is 66.1. The maximum atomic E-state index is 14.0. The Kier molecular flexibility index (Phi) is 6.20. The molecule has 0 bridgehead atoms. The van der Waals surface area contributed by atoms with Crippen LogP contribution in [0.4, 0.5) is 22.0 Å². The molecule has 0 unspecified atom stereocenters. The number of nitrogens with zero attached hydrogens (tertiary/aromatic N) is 1. The Morgan fingerprint density at radius 2 is 1.62 bits per heavy atom. The highest BCUT2D eigenvalue weighted by atomic mass is 19.4. The van der Waals surface area contributed by atoms with Crippen LogP contribution in [-0.2, 0) is 17.5 Å². The quantitative estimate of drug-likeness (QED) is 0.199. The van der Waals surface area contributed by atoms with Crippen LogP contribution < -0.4 is 5.32 Å². The summed E-state index contributed by atoms with van der Waals surface area (Å²) in [6.07, 6.45) is -1.84. The number of fused-ring (bicyclic) bond motifs is 3. The van der Waals surface area contributed by atoms with Crippen molar-refractivity contribution in [2.24, 2.45) is 0 Å². The fourth-order valence-corrected chi connectivity index (χ4v) is 4.08. The van der Waals surface area contributed by atoms with Crippen molar-refractivity contribution in [3.05, 3.63) is 107 Å². The van der Waals surface area contributed by atoms with Crippen LogP contribution in [-0.4, -0.2) is 15.9 Å². The molecular formula is C28H18F5N3O. The van der Waals surface area contributed by atoms with Crippen LogP contribution >= 0.6 is 0 Å². The number of amides is 1. The highest BCUT2D eigenvalue weighted by Gasteiger charge is 2.29. The first-order chi connectivity index (χ1) is 17.7. The Morgan fingerprint density at radius 1 is 0.919 bits per heavy atom. The molecule has 0 aliphatic rings. The third-order valence-corrected chi connectivity index (χ3v) is 5.79. The fourth-order valence-electron chi connectivity index (χ4n) is 4.08. The van der Waals surface area contributed by atoms with Crippen molar-refractivity contribution in [1.29, 1.82) is 0 Å². The van der Waals surface area contributed by atoms with E-state index in [1.54, 1.807) is 6.07 Å². The predicted octanol–water partition coefficient (Wildman–Crippen LogP) is 7.01. The number of rotatable bonds is 5. The van der Waals surface area contributed by atoms with Gasteiger partial charge in [-0.2, -0.15) is 13.2 Å². The molecule has 4 nitrogen and oxygen atoms in total. The largest absolute Gasteiger partial charge is 0.416 e. The summed E-state index contributed by atoms with van der Waals surface area (Å²) >= 11 is 0. The highest BCUT2D eigenvalue weighted by Crippen LogP contribution is 2.33. The summed E-state index contributed by atoms with van der Waals surface area (Å²) in [5.41, 5.74) is 2.09. The van der Waals surface area contributed by atoms with Crippen molar-refractivity contribution >= 4 is 33.8 Å². The number of H-pyrrole nitrogens is 1. The molecule has 1 amide bonds. The summed E-state index contributed by atoms with van der Waals surface area (Å²) in [5, 5.41) is 4.34. The number of aromatic amines is 1. The molecule has 3 aromatic carbocycles. The first-order valence-electron chi connectivity index (χ1n) is 11.2. The van der Waals surface area contributed by atoms with Crippen molar-refractivity contribution in [1.82, 2.24) is 15.3 Å². The smallest absolute Gasteiger partial charge is 0.353 e. The number of carbonyl (C=O) groups is 1. The minimum absolute atomic E-state index is 0.0103. The summed E-state index contributed by atoms with van der Waals surface area (Å²) in [5.74, 6) is -1.97. The molecule has 186 valence electrons. The first-order valence-corrected chi connectivity index (χ1v) is 11.2. The molecule has 0 atom stereocenters. The number of benzene rings is 3. The van der Waals surface area contributed by atoms with E-state index in [0.29, 0.717) is 22.5 Å². The van der Waals surface area contributed by atoms with Gasteiger partial charge in [0.1, 0.15) is 11.6 Å². The summed E-state index contributed by atoms with van der Waals surface area (Å²) in [4.78, 5) is 20.2. The summed E-state index contributed by atoms with van der Waals surface area (Å²) in [6.45, 7) is 0.0103. The van der Waals surface area contributed by atoms with E-state index < -0.39 is 29.3 Å². The zero-order valence-electron chi connectivity index (χ0n) is 19.0. The molecule has 0 radical (unpaired) electrons. The van der Waals surface area contributed by atoms with E-state index in [0.717, 1.165) is 34.5 Å². The third-order valence-electron chi connectivity index (χ3n) is 5.79. The van der Waals surface area contributed by atoms with E-state index in [2.05, 4.69) is 15.3 Å². The second-order valence-corrected chi connectivity index (χ2v) is 8.38.